The van der Waals surface area contributed by atoms with E-state index in [4.69, 9.17) is 0 Å². The van der Waals surface area contributed by atoms with Crippen molar-refractivity contribution in [3.8, 4) is 0 Å². The molecule has 0 unspecified atom stereocenters. The quantitative estimate of drug-likeness (QED) is 0.620. The zero-order valence-corrected chi connectivity index (χ0v) is 8.68. The van der Waals surface area contributed by atoms with E-state index in [1.54, 1.807) is 6.08 Å². The average molecular weight is 201 g/mol. The lowest BCUT2D eigenvalue weighted by molar-refractivity contribution is 0.380. The van der Waals surface area contributed by atoms with Crippen LogP contribution in [0.3, 0.4) is 0 Å². The van der Waals surface area contributed by atoms with E-state index >= 15 is 0 Å². The van der Waals surface area contributed by atoms with E-state index in [9.17, 15) is 8.42 Å². The molecule has 0 aromatic heterocycles. The molecule has 0 aromatic carbocycles. The monoisotopic (exact) mass is 201 g/mol. The maximum Gasteiger partial charge on any atom is 0.153 e. The minimum Gasteiger partial charge on any atom is -0.370 e. The summed E-state index contributed by atoms with van der Waals surface area (Å²) in [5.41, 5.74) is 1.02. The lowest BCUT2D eigenvalue weighted by Gasteiger charge is -2.29. The molecule has 0 saturated carbocycles. The minimum atomic E-state index is -2.77. The van der Waals surface area contributed by atoms with E-state index in [-0.39, 0.29) is 11.5 Å². The average Bonchev–Trinajstić information content (AvgIpc) is 2.09. The summed E-state index contributed by atoms with van der Waals surface area (Å²) in [4.78, 5) is 2.05. The Labute approximate surface area is 79.7 Å². The Morgan fingerprint density at radius 1 is 1.38 bits per heavy atom. The second-order valence-electron chi connectivity index (χ2n) is 3.06. The van der Waals surface area contributed by atoms with Crippen molar-refractivity contribution in [1.82, 2.24) is 4.90 Å². The fourth-order valence-corrected chi connectivity index (χ4v) is 2.60. The highest BCUT2D eigenvalue weighted by Gasteiger charge is 2.21. The fourth-order valence-electron chi connectivity index (χ4n) is 1.40. The normalized spacial score (nSPS) is 22.8. The summed E-state index contributed by atoms with van der Waals surface area (Å²) >= 11 is 0. The number of hydrogen-bond donors (Lipinski definition) is 0. The van der Waals surface area contributed by atoms with Crippen molar-refractivity contribution in [2.45, 2.75) is 6.92 Å². The zero-order valence-electron chi connectivity index (χ0n) is 7.86. The molecule has 1 rings (SSSR count). The Morgan fingerprint density at radius 2 is 1.92 bits per heavy atom. The molecule has 4 heteroatoms. The molecule has 0 N–H and O–H groups in total. The van der Waals surface area contributed by atoms with Gasteiger partial charge in [0.2, 0.25) is 0 Å². The van der Waals surface area contributed by atoms with Gasteiger partial charge in [-0.2, -0.15) is 0 Å². The standard InChI is InChI=1S/C9H15NO2S/c1-3-9(4-2)10-5-7-13(11,12)8-6-10/h3-4H,1,5-8H2,2H3. The van der Waals surface area contributed by atoms with Crippen LogP contribution in [0.2, 0.25) is 0 Å². The van der Waals surface area contributed by atoms with Gasteiger partial charge in [0.05, 0.1) is 11.5 Å². The molecule has 0 radical (unpaired) electrons. The van der Waals surface area contributed by atoms with Crippen LogP contribution in [0.25, 0.3) is 0 Å². The Hall–Kier alpha value is -0.770. The van der Waals surface area contributed by atoms with Crippen LogP contribution in [0.1, 0.15) is 6.92 Å². The van der Waals surface area contributed by atoms with E-state index < -0.39 is 9.84 Å². The number of hydrogen-bond acceptors (Lipinski definition) is 3. The highest BCUT2D eigenvalue weighted by Crippen LogP contribution is 2.11. The highest BCUT2D eigenvalue weighted by molar-refractivity contribution is 7.91. The summed E-state index contributed by atoms with van der Waals surface area (Å²) in [5.74, 6) is 0.524. The van der Waals surface area contributed by atoms with E-state index in [1.165, 1.54) is 0 Å². The van der Waals surface area contributed by atoms with Crippen molar-refractivity contribution in [2.24, 2.45) is 0 Å². The first kappa shape index (κ1) is 10.3. The summed E-state index contributed by atoms with van der Waals surface area (Å²) < 4.78 is 22.2. The maximum atomic E-state index is 11.1. The minimum absolute atomic E-state index is 0.262. The molecule has 0 amide bonds. The van der Waals surface area contributed by atoms with Gasteiger partial charge in [0.25, 0.3) is 0 Å². The lowest BCUT2D eigenvalue weighted by atomic mass is 10.3. The van der Waals surface area contributed by atoms with Crippen molar-refractivity contribution < 1.29 is 8.42 Å². The molecular formula is C9H15NO2S. The molecule has 1 aliphatic rings. The second-order valence-corrected chi connectivity index (χ2v) is 5.36. The first-order chi connectivity index (χ1) is 6.09. The van der Waals surface area contributed by atoms with Crippen LogP contribution in [-0.4, -0.2) is 37.9 Å². The molecule has 0 atom stereocenters. The smallest absolute Gasteiger partial charge is 0.153 e. The number of allylic oxidation sites excluding steroid dienone is 2. The third-order valence-corrected chi connectivity index (χ3v) is 3.82. The maximum absolute atomic E-state index is 11.1. The van der Waals surface area contributed by atoms with Crippen molar-refractivity contribution in [3.63, 3.8) is 0 Å². The van der Waals surface area contributed by atoms with Crippen LogP contribution in [0.5, 0.6) is 0 Å². The molecule has 1 fully saturated rings. The van der Waals surface area contributed by atoms with Gasteiger partial charge >= 0.3 is 0 Å². The molecule has 1 aliphatic heterocycles. The van der Waals surface area contributed by atoms with Crippen molar-refractivity contribution >= 4 is 9.84 Å². The van der Waals surface area contributed by atoms with Gasteiger partial charge in [0.15, 0.2) is 9.84 Å². The van der Waals surface area contributed by atoms with Crippen LogP contribution in [0, 0.1) is 0 Å². The van der Waals surface area contributed by atoms with Crippen LogP contribution in [0.15, 0.2) is 24.4 Å². The molecule has 0 aliphatic carbocycles. The SMILES string of the molecule is C=CC(=CC)N1CCS(=O)(=O)CC1. The summed E-state index contributed by atoms with van der Waals surface area (Å²) in [5, 5.41) is 0. The van der Waals surface area contributed by atoms with E-state index in [2.05, 4.69) is 6.58 Å². The van der Waals surface area contributed by atoms with Gasteiger partial charge in [-0.3, -0.25) is 0 Å². The molecule has 1 saturated heterocycles. The topological polar surface area (TPSA) is 37.4 Å². The first-order valence-electron chi connectivity index (χ1n) is 4.33. The summed E-state index contributed by atoms with van der Waals surface area (Å²) in [6.45, 7) is 6.80. The number of rotatable bonds is 2. The predicted octanol–water partition coefficient (Wildman–Crippen LogP) is 0.807. The number of nitrogens with zero attached hydrogens (tertiary/aromatic N) is 1. The lowest BCUT2D eigenvalue weighted by Crippen LogP contribution is -2.39. The Balaban J connectivity index is 2.64. The van der Waals surface area contributed by atoms with Crippen LogP contribution in [-0.2, 0) is 9.84 Å². The molecule has 1 heterocycles. The Kier molecular flexibility index (Phi) is 3.14. The van der Waals surface area contributed by atoms with Crippen LogP contribution >= 0.6 is 0 Å². The molecule has 3 nitrogen and oxygen atoms in total. The number of sulfone groups is 1. The summed E-state index contributed by atoms with van der Waals surface area (Å²) in [6, 6.07) is 0. The fraction of sp³-hybridized carbons (Fsp3) is 0.556. The van der Waals surface area contributed by atoms with Gasteiger partial charge in [-0.15, -0.1) is 0 Å². The third-order valence-electron chi connectivity index (χ3n) is 2.21. The summed E-state index contributed by atoms with van der Waals surface area (Å²) in [6.07, 6.45) is 3.71. The van der Waals surface area contributed by atoms with E-state index in [1.807, 2.05) is 17.9 Å². The van der Waals surface area contributed by atoms with Crippen molar-refractivity contribution in [3.05, 3.63) is 24.4 Å². The van der Waals surface area contributed by atoms with Gasteiger partial charge in [-0.25, -0.2) is 8.42 Å². The Bertz CT molecular complexity index is 303. The molecule has 13 heavy (non-hydrogen) atoms. The van der Waals surface area contributed by atoms with Gasteiger partial charge < -0.3 is 4.90 Å². The van der Waals surface area contributed by atoms with Gasteiger partial charge in [0, 0.05) is 18.8 Å². The van der Waals surface area contributed by atoms with E-state index in [0.717, 1.165) is 5.70 Å². The molecule has 74 valence electrons. The molecule has 0 aromatic rings. The highest BCUT2D eigenvalue weighted by atomic mass is 32.2. The molecule has 0 bridgehead atoms. The van der Waals surface area contributed by atoms with Gasteiger partial charge in [0.1, 0.15) is 0 Å². The van der Waals surface area contributed by atoms with E-state index in [0.29, 0.717) is 13.1 Å². The third kappa shape index (κ3) is 2.59. The predicted molar refractivity (Wildman–Crippen MR) is 54.2 cm³/mol. The largest absolute Gasteiger partial charge is 0.370 e. The first-order valence-corrected chi connectivity index (χ1v) is 6.15. The molecule has 0 spiro atoms. The summed E-state index contributed by atoms with van der Waals surface area (Å²) in [7, 11) is -2.77. The Morgan fingerprint density at radius 3 is 2.31 bits per heavy atom. The second kappa shape index (κ2) is 3.96. The van der Waals surface area contributed by atoms with Crippen molar-refractivity contribution in [2.75, 3.05) is 24.6 Å². The zero-order chi connectivity index (χ0) is 9.90. The van der Waals surface area contributed by atoms with Crippen LogP contribution < -0.4 is 0 Å². The van der Waals surface area contributed by atoms with Gasteiger partial charge in [-0.05, 0) is 13.0 Å². The molecular weight excluding hydrogens is 186 g/mol. The van der Waals surface area contributed by atoms with Gasteiger partial charge in [-0.1, -0.05) is 12.7 Å². The van der Waals surface area contributed by atoms with Crippen molar-refractivity contribution in [1.29, 1.82) is 0 Å². The van der Waals surface area contributed by atoms with Crippen LogP contribution in [0.4, 0.5) is 0 Å².